The minimum Gasteiger partial charge on any atom is -0.314 e. The van der Waals surface area contributed by atoms with Crippen LogP contribution in [0.4, 0.5) is 0 Å². The topological polar surface area (TPSA) is 46.2 Å². The van der Waals surface area contributed by atoms with Gasteiger partial charge in [-0.2, -0.15) is 0 Å². The predicted octanol–water partition coefficient (Wildman–Crippen LogP) is 2.77. The molecule has 2 rings (SSSR count). The third-order valence-electron chi connectivity index (χ3n) is 3.00. The van der Waals surface area contributed by atoms with Crippen molar-refractivity contribution in [3.8, 4) is 0 Å². The van der Waals surface area contributed by atoms with Crippen LogP contribution in [0.15, 0.2) is 40.6 Å². The molecular formula is C13H16ClNO2S. The zero-order chi connectivity index (χ0) is 13.0. The van der Waals surface area contributed by atoms with E-state index >= 15 is 0 Å². The first-order valence-electron chi connectivity index (χ1n) is 5.98. The van der Waals surface area contributed by atoms with Crippen molar-refractivity contribution in [1.29, 1.82) is 0 Å². The zero-order valence-corrected chi connectivity index (χ0v) is 11.5. The fourth-order valence-corrected chi connectivity index (χ4v) is 3.17. The van der Waals surface area contributed by atoms with Crippen molar-refractivity contribution in [3.05, 3.63) is 40.8 Å². The van der Waals surface area contributed by atoms with Crippen molar-refractivity contribution in [2.75, 3.05) is 6.54 Å². The van der Waals surface area contributed by atoms with E-state index in [4.69, 9.17) is 11.6 Å². The lowest BCUT2D eigenvalue weighted by molar-refractivity contribution is 0.602. The third kappa shape index (κ3) is 3.57. The van der Waals surface area contributed by atoms with Gasteiger partial charge in [-0.25, -0.2) is 8.42 Å². The van der Waals surface area contributed by atoms with E-state index in [1.54, 1.807) is 18.2 Å². The van der Waals surface area contributed by atoms with Gasteiger partial charge >= 0.3 is 0 Å². The Hall–Kier alpha value is -0.840. The Bertz CT molecular complexity index is 516. The third-order valence-corrected chi connectivity index (χ3v) is 4.73. The maximum atomic E-state index is 12.0. The number of nitrogens with one attached hydrogen (secondary N) is 1. The summed E-state index contributed by atoms with van der Waals surface area (Å²) >= 11 is 5.73. The molecule has 1 fully saturated rings. The van der Waals surface area contributed by atoms with Gasteiger partial charge in [0, 0.05) is 16.5 Å². The highest BCUT2D eigenvalue weighted by atomic mass is 35.5. The Morgan fingerprint density at radius 1 is 1.33 bits per heavy atom. The van der Waals surface area contributed by atoms with Crippen LogP contribution in [0.3, 0.4) is 0 Å². The molecule has 0 amide bonds. The smallest absolute Gasteiger partial charge is 0.199 e. The van der Waals surface area contributed by atoms with E-state index in [-0.39, 0.29) is 4.90 Å². The molecule has 1 N–H and O–H groups in total. The lowest BCUT2D eigenvalue weighted by Crippen LogP contribution is -2.20. The SMILES string of the molecule is O=S(=O)(C=CCC1CCCN1)c1ccc(Cl)cc1. The Kier molecular flexibility index (Phi) is 4.43. The molecule has 0 radical (unpaired) electrons. The maximum Gasteiger partial charge on any atom is 0.199 e. The van der Waals surface area contributed by atoms with Gasteiger partial charge in [-0.1, -0.05) is 17.7 Å². The fourth-order valence-electron chi connectivity index (χ4n) is 2.01. The van der Waals surface area contributed by atoms with Gasteiger partial charge in [-0.3, -0.25) is 0 Å². The van der Waals surface area contributed by atoms with E-state index < -0.39 is 9.84 Å². The first-order valence-corrected chi connectivity index (χ1v) is 7.91. The molecular weight excluding hydrogens is 270 g/mol. The van der Waals surface area contributed by atoms with Crippen LogP contribution in [0.25, 0.3) is 0 Å². The van der Waals surface area contributed by atoms with E-state index in [1.165, 1.54) is 24.0 Å². The van der Waals surface area contributed by atoms with Crippen LogP contribution < -0.4 is 5.32 Å². The zero-order valence-electron chi connectivity index (χ0n) is 9.97. The van der Waals surface area contributed by atoms with Gasteiger partial charge < -0.3 is 5.32 Å². The largest absolute Gasteiger partial charge is 0.314 e. The second-order valence-corrected chi connectivity index (χ2v) is 6.67. The lowest BCUT2D eigenvalue weighted by Gasteiger charge is -2.05. The second-order valence-electron chi connectivity index (χ2n) is 4.40. The van der Waals surface area contributed by atoms with Crippen molar-refractivity contribution in [3.63, 3.8) is 0 Å². The summed E-state index contributed by atoms with van der Waals surface area (Å²) in [5.74, 6) is 0. The van der Waals surface area contributed by atoms with Gasteiger partial charge in [-0.15, -0.1) is 0 Å². The van der Waals surface area contributed by atoms with Gasteiger partial charge in [0.15, 0.2) is 9.84 Å². The molecule has 5 heteroatoms. The molecule has 0 saturated carbocycles. The quantitative estimate of drug-likeness (QED) is 0.925. The van der Waals surface area contributed by atoms with Crippen molar-refractivity contribution in [1.82, 2.24) is 5.32 Å². The van der Waals surface area contributed by atoms with Crippen LogP contribution in [-0.4, -0.2) is 21.0 Å². The lowest BCUT2D eigenvalue weighted by atomic mass is 10.2. The van der Waals surface area contributed by atoms with Crippen LogP contribution >= 0.6 is 11.6 Å². The summed E-state index contributed by atoms with van der Waals surface area (Å²) in [6, 6.07) is 6.63. The van der Waals surface area contributed by atoms with Crippen molar-refractivity contribution in [2.45, 2.75) is 30.2 Å². The number of hydrogen-bond donors (Lipinski definition) is 1. The van der Waals surface area contributed by atoms with Gasteiger partial charge in [0.05, 0.1) is 4.90 Å². The average Bonchev–Trinajstić information content (AvgIpc) is 2.82. The van der Waals surface area contributed by atoms with E-state index in [9.17, 15) is 8.42 Å². The highest BCUT2D eigenvalue weighted by Gasteiger charge is 2.13. The van der Waals surface area contributed by atoms with E-state index in [1.807, 2.05) is 0 Å². The average molecular weight is 286 g/mol. The minimum absolute atomic E-state index is 0.280. The van der Waals surface area contributed by atoms with Crippen molar-refractivity contribution >= 4 is 21.4 Å². The van der Waals surface area contributed by atoms with E-state index in [2.05, 4.69) is 5.32 Å². The molecule has 1 aliphatic heterocycles. The molecule has 0 spiro atoms. The minimum atomic E-state index is -3.34. The van der Waals surface area contributed by atoms with Gasteiger partial charge in [0.1, 0.15) is 0 Å². The predicted molar refractivity (Wildman–Crippen MR) is 73.4 cm³/mol. The highest BCUT2D eigenvalue weighted by molar-refractivity contribution is 7.94. The van der Waals surface area contributed by atoms with E-state index in [0.29, 0.717) is 11.1 Å². The first-order chi connectivity index (χ1) is 8.58. The van der Waals surface area contributed by atoms with Gasteiger partial charge in [0.2, 0.25) is 0 Å². The summed E-state index contributed by atoms with van der Waals surface area (Å²) < 4.78 is 23.9. The molecule has 0 bridgehead atoms. The van der Waals surface area contributed by atoms with Gasteiger partial charge in [-0.05, 0) is 50.1 Å². The van der Waals surface area contributed by atoms with Crippen molar-refractivity contribution < 1.29 is 8.42 Å². The van der Waals surface area contributed by atoms with Crippen LogP contribution in [0.5, 0.6) is 0 Å². The summed E-state index contributed by atoms with van der Waals surface area (Å²) in [5.41, 5.74) is 0. The molecule has 0 aliphatic carbocycles. The molecule has 1 aliphatic rings. The Labute approximate surface area is 113 Å². The van der Waals surface area contributed by atoms with E-state index in [0.717, 1.165) is 19.4 Å². The van der Waals surface area contributed by atoms with Crippen molar-refractivity contribution in [2.24, 2.45) is 0 Å². The molecule has 1 unspecified atom stereocenters. The maximum absolute atomic E-state index is 12.0. The van der Waals surface area contributed by atoms with Crippen LogP contribution in [0.1, 0.15) is 19.3 Å². The summed E-state index contributed by atoms with van der Waals surface area (Å²) in [4.78, 5) is 0.280. The molecule has 1 atom stereocenters. The fraction of sp³-hybridized carbons (Fsp3) is 0.385. The summed E-state index contributed by atoms with van der Waals surface area (Å²) in [6.07, 6.45) is 4.77. The Morgan fingerprint density at radius 2 is 2.06 bits per heavy atom. The molecule has 98 valence electrons. The Balaban J connectivity index is 2.02. The molecule has 0 aromatic heterocycles. The summed E-state index contributed by atoms with van der Waals surface area (Å²) in [7, 11) is -3.34. The summed E-state index contributed by atoms with van der Waals surface area (Å²) in [5, 5.41) is 5.15. The van der Waals surface area contributed by atoms with Crippen LogP contribution in [0.2, 0.25) is 5.02 Å². The number of sulfone groups is 1. The number of hydrogen-bond acceptors (Lipinski definition) is 3. The summed E-state index contributed by atoms with van der Waals surface area (Å²) in [6.45, 7) is 1.03. The van der Waals surface area contributed by atoms with Crippen LogP contribution in [-0.2, 0) is 9.84 Å². The molecule has 1 aromatic carbocycles. The van der Waals surface area contributed by atoms with Crippen LogP contribution in [0, 0.1) is 0 Å². The molecule has 3 nitrogen and oxygen atoms in total. The normalized spacial score (nSPS) is 20.6. The molecule has 18 heavy (non-hydrogen) atoms. The highest BCUT2D eigenvalue weighted by Crippen LogP contribution is 2.17. The Morgan fingerprint density at radius 3 is 2.67 bits per heavy atom. The van der Waals surface area contributed by atoms with Gasteiger partial charge in [0.25, 0.3) is 0 Å². The molecule has 1 aromatic rings. The number of rotatable bonds is 4. The first kappa shape index (κ1) is 13.6. The second kappa shape index (κ2) is 5.87. The number of halogens is 1. The number of benzene rings is 1. The molecule has 1 saturated heterocycles. The monoisotopic (exact) mass is 285 g/mol. The molecule has 1 heterocycles. The standard InChI is InChI=1S/C13H16ClNO2S/c14-11-5-7-13(8-6-11)18(16,17)10-2-4-12-3-1-9-15-12/h2,5-8,10,12,15H,1,3-4,9H2.